The molecule has 0 aliphatic carbocycles. The third-order valence-corrected chi connectivity index (χ3v) is 5.03. The summed E-state index contributed by atoms with van der Waals surface area (Å²) in [6, 6.07) is 7.48. The topological polar surface area (TPSA) is 92.5 Å². The van der Waals surface area contributed by atoms with E-state index in [1.165, 1.54) is 30.3 Å². The van der Waals surface area contributed by atoms with Crippen molar-refractivity contribution in [1.29, 1.82) is 0 Å². The second-order valence-electron chi connectivity index (χ2n) is 6.04. The van der Waals surface area contributed by atoms with Gasteiger partial charge >= 0.3 is 0 Å². The number of nitrogens with zero attached hydrogens (tertiary/aromatic N) is 1. The van der Waals surface area contributed by atoms with Crippen molar-refractivity contribution in [1.82, 2.24) is 0 Å². The number of carbonyl (C=O) groups is 1. The third-order valence-electron chi connectivity index (χ3n) is 4.10. The number of benzene rings is 2. The maximum absolute atomic E-state index is 14.1. The van der Waals surface area contributed by atoms with Gasteiger partial charge in [-0.25, -0.2) is 22.3 Å². The quantitative estimate of drug-likeness (QED) is 0.847. The van der Waals surface area contributed by atoms with Crippen LogP contribution >= 0.6 is 0 Å². The molecule has 0 bridgehead atoms. The highest BCUT2D eigenvalue weighted by molar-refractivity contribution is 7.89. The van der Waals surface area contributed by atoms with E-state index in [1.807, 2.05) is 0 Å². The molecule has 2 aromatic rings. The SMILES string of the molecule is NS(=O)(=O)c1ccc(NC(=O)CN2CCCc3cc(F)cc(F)c32)cc1. The molecular formula is C17H17F2N3O3S. The molecule has 1 amide bonds. The summed E-state index contributed by atoms with van der Waals surface area (Å²) in [5, 5.41) is 7.63. The fraction of sp³-hybridized carbons (Fsp3) is 0.235. The van der Waals surface area contributed by atoms with Gasteiger partial charge in [0.05, 0.1) is 17.1 Å². The number of carbonyl (C=O) groups excluding carboxylic acids is 1. The standard InChI is InChI=1S/C17H17F2N3O3S/c18-12-8-11-2-1-7-22(17(11)15(19)9-12)10-16(23)21-13-3-5-14(6-4-13)26(20,24)25/h3-6,8-9H,1-2,7,10H2,(H,21,23)(H2,20,24,25). The van der Waals surface area contributed by atoms with Crippen molar-refractivity contribution in [3.63, 3.8) is 0 Å². The number of primary sulfonamides is 1. The van der Waals surface area contributed by atoms with E-state index >= 15 is 0 Å². The maximum Gasteiger partial charge on any atom is 0.243 e. The molecule has 0 saturated heterocycles. The number of sulfonamides is 1. The first kappa shape index (κ1) is 18.3. The molecule has 0 saturated carbocycles. The molecule has 1 aliphatic rings. The summed E-state index contributed by atoms with van der Waals surface area (Å²) in [6.07, 6.45) is 1.24. The Balaban J connectivity index is 1.72. The number of nitrogens with one attached hydrogen (secondary N) is 1. The van der Waals surface area contributed by atoms with Crippen LogP contribution in [0.25, 0.3) is 0 Å². The Bertz CT molecular complexity index is 946. The number of halogens is 2. The van der Waals surface area contributed by atoms with Crippen LogP contribution in [0.1, 0.15) is 12.0 Å². The molecule has 1 aliphatic heterocycles. The van der Waals surface area contributed by atoms with Gasteiger partial charge in [-0.2, -0.15) is 0 Å². The second kappa shape index (κ2) is 7.00. The average Bonchev–Trinajstić information content (AvgIpc) is 2.54. The molecular weight excluding hydrogens is 364 g/mol. The van der Waals surface area contributed by atoms with Gasteiger partial charge in [-0.3, -0.25) is 4.79 Å². The van der Waals surface area contributed by atoms with Gasteiger partial charge in [-0.15, -0.1) is 0 Å². The van der Waals surface area contributed by atoms with Gasteiger partial charge < -0.3 is 10.2 Å². The van der Waals surface area contributed by atoms with E-state index in [0.29, 0.717) is 30.6 Å². The lowest BCUT2D eigenvalue weighted by molar-refractivity contribution is -0.115. The zero-order valence-electron chi connectivity index (χ0n) is 13.7. The minimum Gasteiger partial charge on any atom is -0.360 e. The van der Waals surface area contributed by atoms with Crippen molar-refractivity contribution in [2.45, 2.75) is 17.7 Å². The monoisotopic (exact) mass is 381 g/mol. The minimum absolute atomic E-state index is 0.0652. The lowest BCUT2D eigenvalue weighted by Crippen LogP contribution is -2.37. The van der Waals surface area contributed by atoms with E-state index in [2.05, 4.69) is 5.32 Å². The molecule has 0 radical (unpaired) electrons. The molecule has 0 aromatic heterocycles. The van der Waals surface area contributed by atoms with Crippen LogP contribution in [-0.4, -0.2) is 27.4 Å². The number of aryl methyl sites for hydroxylation is 1. The van der Waals surface area contributed by atoms with E-state index in [9.17, 15) is 22.0 Å². The number of fused-ring (bicyclic) bond motifs is 1. The van der Waals surface area contributed by atoms with Crippen molar-refractivity contribution in [2.75, 3.05) is 23.3 Å². The Hall–Kier alpha value is -2.52. The number of hydrogen-bond donors (Lipinski definition) is 2. The Labute approximate surface area is 149 Å². The molecule has 0 spiro atoms. The van der Waals surface area contributed by atoms with Gasteiger partial charge in [0.25, 0.3) is 0 Å². The molecule has 26 heavy (non-hydrogen) atoms. The first-order valence-corrected chi connectivity index (χ1v) is 9.44. The van der Waals surface area contributed by atoms with E-state index < -0.39 is 27.6 Å². The highest BCUT2D eigenvalue weighted by Crippen LogP contribution is 2.30. The molecule has 3 N–H and O–H groups in total. The van der Waals surface area contributed by atoms with Gasteiger partial charge in [0.15, 0.2) is 0 Å². The number of hydrogen-bond acceptors (Lipinski definition) is 4. The van der Waals surface area contributed by atoms with Crippen LogP contribution in [0.4, 0.5) is 20.2 Å². The van der Waals surface area contributed by atoms with Crippen LogP contribution < -0.4 is 15.4 Å². The molecule has 0 atom stereocenters. The van der Waals surface area contributed by atoms with E-state index in [0.717, 1.165) is 6.07 Å². The van der Waals surface area contributed by atoms with Crippen molar-refractivity contribution in [2.24, 2.45) is 5.14 Å². The molecule has 2 aromatic carbocycles. The summed E-state index contributed by atoms with van der Waals surface area (Å²) >= 11 is 0. The molecule has 3 rings (SSSR count). The second-order valence-corrected chi connectivity index (χ2v) is 7.60. The van der Waals surface area contributed by atoms with Crippen LogP contribution in [-0.2, 0) is 21.2 Å². The summed E-state index contributed by atoms with van der Waals surface area (Å²) in [6.45, 7) is 0.375. The van der Waals surface area contributed by atoms with Crippen molar-refractivity contribution in [3.8, 4) is 0 Å². The Kier molecular flexibility index (Phi) is 4.92. The van der Waals surface area contributed by atoms with Gasteiger partial charge in [0, 0.05) is 18.3 Å². The van der Waals surface area contributed by atoms with Crippen molar-refractivity contribution >= 4 is 27.3 Å². The smallest absolute Gasteiger partial charge is 0.243 e. The molecule has 0 fully saturated rings. The molecule has 9 heteroatoms. The Morgan fingerprint density at radius 1 is 1.19 bits per heavy atom. The zero-order chi connectivity index (χ0) is 18.9. The summed E-state index contributed by atoms with van der Waals surface area (Å²) < 4.78 is 49.9. The molecule has 1 heterocycles. The maximum atomic E-state index is 14.1. The summed E-state index contributed by atoms with van der Waals surface area (Å²) in [7, 11) is -3.81. The van der Waals surface area contributed by atoms with Gasteiger partial charge in [0.2, 0.25) is 15.9 Å². The lowest BCUT2D eigenvalue weighted by atomic mass is 10.0. The summed E-state index contributed by atoms with van der Waals surface area (Å²) in [5.74, 6) is -1.72. The Morgan fingerprint density at radius 3 is 2.54 bits per heavy atom. The number of nitrogens with two attached hydrogens (primary N) is 1. The van der Waals surface area contributed by atoms with Crippen LogP contribution in [0.3, 0.4) is 0 Å². The first-order valence-electron chi connectivity index (χ1n) is 7.89. The molecule has 138 valence electrons. The average molecular weight is 381 g/mol. The number of rotatable bonds is 4. The number of amides is 1. The zero-order valence-corrected chi connectivity index (χ0v) is 14.5. The highest BCUT2D eigenvalue weighted by Gasteiger charge is 2.23. The van der Waals surface area contributed by atoms with Crippen LogP contribution in [0.15, 0.2) is 41.3 Å². The Morgan fingerprint density at radius 2 is 1.88 bits per heavy atom. The van der Waals surface area contributed by atoms with Crippen LogP contribution in [0.2, 0.25) is 0 Å². The minimum atomic E-state index is -3.81. The largest absolute Gasteiger partial charge is 0.360 e. The van der Waals surface area contributed by atoms with Gasteiger partial charge in [-0.05, 0) is 48.7 Å². The van der Waals surface area contributed by atoms with Crippen LogP contribution in [0.5, 0.6) is 0 Å². The predicted molar refractivity (Wildman–Crippen MR) is 93.3 cm³/mol. The van der Waals surface area contributed by atoms with E-state index in [1.54, 1.807) is 4.90 Å². The third kappa shape index (κ3) is 4.00. The van der Waals surface area contributed by atoms with Gasteiger partial charge in [-0.1, -0.05) is 0 Å². The lowest BCUT2D eigenvalue weighted by Gasteiger charge is -2.31. The molecule has 0 unspecified atom stereocenters. The fourth-order valence-electron chi connectivity index (χ4n) is 3.00. The normalized spacial score (nSPS) is 14.0. The predicted octanol–water partition coefficient (Wildman–Crippen LogP) is 2.00. The summed E-state index contributed by atoms with van der Waals surface area (Å²) in [4.78, 5) is 13.8. The molecule has 6 nitrogen and oxygen atoms in total. The van der Waals surface area contributed by atoms with Crippen molar-refractivity contribution < 1.29 is 22.0 Å². The fourth-order valence-corrected chi connectivity index (χ4v) is 3.51. The van der Waals surface area contributed by atoms with E-state index in [-0.39, 0.29) is 17.1 Å². The van der Waals surface area contributed by atoms with Gasteiger partial charge in [0.1, 0.15) is 11.6 Å². The van der Waals surface area contributed by atoms with E-state index in [4.69, 9.17) is 5.14 Å². The number of anilines is 2. The summed E-state index contributed by atoms with van der Waals surface area (Å²) in [5.41, 5.74) is 1.18. The van der Waals surface area contributed by atoms with Crippen LogP contribution in [0, 0.1) is 11.6 Å². The first-order chi connectivity index (χ1) is 12.2. The highest BCUT2D eigenvalue weighted by atomic mass is 32.2. The van der Waals surface area contributed by atoms with Crippen molar-refractivity contribution in [3.05, 3.63) is 53.6 Å².